The molecular formula is C12H15N5O3S. The van der Waals surface area contributed by atoms with Crippen molar-refractivity contribution < 1.29 is 13.2 Å². The van der Waals surface area contributed by atoms with Crippen LogP contribution < -0.4 is 15.4 Å². The van der Waals surface area contributed by atoms with Gasteiger partial charge in [0.25, 0.3) is 10.0 Å². The summed E-state index contributed by atoms with van der Waals surface area (Å²) in [7, 11) is -2.18. The average Bonchev–Trinajstić information content (AvgIpc) is 3.01. The molecule has 8 nitrogen and oxygen atoms in total. The van der Waals surface area contributed by atoms with Gasteiger partial charge in [-0.3, -0.25) is 9.20 Å². The Morgan fingerprint density at radius 2 is 2.24 bits per heavy atom. The van der Waals surface area contributed by atoms with Crippen molar-refractivity contribution in [1.29, 1.82) is 0 Å². The Labute approximate surface area is 121 Å². The Kier molecular flexibility index (Phi) is 3.30. The lowest BCUT2D eigenvalue weighted by molar-refractivity contribution is -0.119. The van der Waals surface area contributed by atoms with E-state index in [9.17, 15) is 13.2 Å². The lowest BCUT2D eigenvalue weighted by Gasteiger charge is -2.12. The van der Waals surface area contributed by atoms with Crippen LogP contribution in [0, 0.1) is 0 Å². The first-order chi connectivity index (χ1) is 10.0. The van der Waals surface area contributed by atoms with Crippen LogP contribution in [0.5, 0.6) is 0 Å². The van der Waals surface area contributed by atoms with E-state index in [1.54, 1.807) is 31.4 Å². The molecule has 21 heavy (non-hydrogen) atoms. The van der Waals surface area contributed by atoms with E-state index in [1.807, 2.05) is 0 Å². The summed E-state index contributed by atoms with van der Waals surface area (Å²) < 4.78 is 29.2. The van der Waals surface area contributed by atoms with Gasteiger partial charge < -0.3 is 10.6 Å². The highest BCUT2D eigenvalue weighted by Gasteiger charge is 2.30. The van der Waals surface area contributed by atoms with E-state index in [-0.39, 0.29) is 23.2 Å². The van der Waals surface area contributed by atoms with Gasteiger partial charge in [0.05, 0.1) is 0 Å². The highest BCUT2D eigenvalue weighted by Crippen LogP contribution is 2.22. The fourth-order valence-electron chi connectivity index (χ4n) is 2.36. The maximum Gasteiger partial charge on any atom is 0.260 e. The van der Waals surface area contributed by atoms with Crippen LogP contribution >= 0.6 is 0 Å². The number of pyridine rings is 1. The number of fused-ring (bicyclic) bond motifs is 1. The van der Waals surface area contributed by atoms with Crippen molar-refractivity contribution in [3.63, 3.8) is 0 Å². The average molecular weight is 309 g/mol. The van der Waals surface area contributed by atoms with Crippen molar-refractivity contribution in [3.8, 4) is 0 Å². The van der Waals surface area contributed by atoms with E-state index in [0.717, 1.165) is 0 Å². The minimum absolute atomic E-state index is 0.0416. The molecule has 9 heteroatoms. The quantitative estimate of drug-likeness (QED) is 0.709. The van der Waals surface area contributed by atoms with Gasteiger partial charge in [-0.25, -0.2) is 18.1 Å². The first-order valence-corrected chi connectivity index (χ1v) is 7.93. The number of sulfonamides is 1. The molecule has 0 bridgehead atoms. The Bertz CT molecular complexity index is 798. The van der Waals surface area contributed by atoms with Crippen molar-refractivity contribution in [2.24, 2.45) is 0 Å². The zero-order valence-electron chi connectivity index (χ0n) is 11.3. The summed E-state index contributed by atoms with van der Waals surface area (Å²) in [5.74, 6) is 0.112. The third-order valence-corrected chi connectivity index (χ3v) is 4.82. The summed E-state index contributed by atoms with van der Waals surface area (Å²) >= 11 is 0. The fourth-order valence-corrected chi connectivity index (χ4v) is 3.89. The van der Waals surface area contributed by atoms with Gasteiger partial charge >= 0.3 is 0 Å². The molecule has 1 atom stereocenters. The standard InChI is InChI=1S/C12H15N5O3S/c1-13-11-12(17-5-3-2-4-9(17)15-11)21(19,20)16-8-6-10(18)14-7-8/h2-5,8,13,16H,6-7H2,1H3,(H,14,18). The van der Waals surface area contributed by atoms with E-state index in [0.29, 0.717) is 12.2 Å². The van der Waals surface area contributed by atoms with Crippen LogP contribution in [0.25, 0.3) is 5.65 Å². The van der Waals surface area contributed by atoms with Crippen molar-refractivity contribution in [2.75, 3.05) is 18.9 Å². The summed E-state index contributed by atoms with van der Waals surface area (Å²) in [6.45, 7) is 0.295. The van der Waals surface area contributed by atoms with Gasteiger partial charge in [-0.2, -0.15) is 0 Å². The molecule has 0 saturated carbocycles. The zero-order valence-corrected chi connectivity index (χ0v) is 12.1. The maximum atomic E-state index is 12.6. The van der Waals surface area contributed by atoms with E-state index in [2.05, 4.69) is 20.3 Å². The number of carbonyl (C=O) groups is 1. The number of rotatable bonds is 4. The lowest BCUT2D eigenvalue weighted by atomic mass is 10.3. The molecule has 2 aromatic rings. The molecule has 112 valence electrons. The number of aromatic nitrogens is 2. The first kappa shape index (κ1) is 13.8. The second-order valence-electron chi connectivity index (χ2n) is 4.77. The first-order valence-electron chi connectivity index (χ1n) is 6.45. The van der Waals surface area contributed by atoms with Crippen LogP contribution in [-0.2, 0) is 14.8 Å². The molecule has 3 heterocycles. The van der Waals surface area contributed by atoms with Gasteiger partial charge in [-0.05, 0) is 12.1 Å². The molecule has 0 aromatic carbocycles. The molecule has 1 aliphatic rings. The molecule has 1 saturated heterocycles. The van der Waals surface area contributed by atoms with Crippen molar-refractivity contribution in [1.82, 2.24) is 19.4 Å². The Morgan fingerprint density at radius 1 is 1.43 bits per heavy atom. The molecule has 1 fully saturated rings. The van der Waals surface area contributed by atoms with Gasteiger partial charge in [0, 0.05) is 32.3 Å². The third kappa shape index (κ3) is 2.45. The number of hydrogen-bond acceptors (Lipinski definition) is 5. The molecule has 1 amide bonds. The number of amides is 1. The molecule has 3 rings (SSSR count). The van der Waals surface area contributed by atoms with E-state index in [4.69, 9.17) is 0 Å². The number of carbonyl (C=O) groups excluding carboxylic acids is 1. The summed E-state index contributed by atoms with van der Waals surface area (Å²) in [4.78, 5) is 15.4. The Hall–Kier alpha value is -2.13. The van der Waals surface area contributed by atoms with Crippen LogP contribution in [0.4, 0.5) is 5.82 Å². The van der Waals surface area contributed by atoms with Crippen LogP contribution in [-0.4, -0.2) is 43.3 Å². The second kappa shape index (κ2) is 5.01. The van der Waals surface area contributed by atoms with Crippen molar-refractivity contribution in [2.45, 2.75) is 17.5 Å². The van der Waals surface area contributed by atoms with Gasteiger partial charge in [0.1, 0.15) is 5.65 Å². The summed E-state index contributed by atoms with van der Waals surface area (Å²) in [6, 6.07) is 4.79. The number of hydrogen-bond donors (Lipinski definition) is 3. The largest absolute Gasteiger partial charge is 0.371 e. The van der Waals surface area contributed by atoms with Crippen molar-refractivity contribution in [3.05, 3.63) is 24.4 Å². The van der Waals surface area contributed by atoms with Crippen LogP contribution in [0.2, 0.25) is 0 Å². The van der Waals surface area contributed by atoms with Gasteiger partial charge in [0.2, 0.25) is 5.91 Å². The number of nitrogens with zero attached hydrogens (tertiary/aromatic N) is 2. The van der Waals surface area contributed by atoms with E-state index < -0.39 is 16.1 Å². The number of imidazole rings is 1. The predicted octanol–water partition coefficient (Wildman–Crippen LogP) is -0.457. The highest BCUT2D eigenvalue weighted by atomic mass is 32.2. The van der Waals surface area contributed by atoms with E-state index in [1.165, 1.54) is 4.40 Å². The minimum Gasteiger partial charge on any atom is -0.371 e. The smallest absolute Gasteiger partial charge is 0.260 e. The van der Waals surface area contributed by atoms with Crippen LogP contribution in [0.1, 0.15) is 6.42 Å². The molecule has 3 N–H and O–H groups in total. The van der Waals surface area contributed by atoms with Gasteiger partial charge in [-0.15, -0.1) is 0 Å². The number of anilines is 1. The van der Waals surface area contributed by atoms with Gasteiger partial charge in [0.15, 0.2) is 10.8 Å². The predicted molar refractivity (Wildman–Crippen MR) is 76.5 cm³/mol. The minimum atomic E-state index is -3.80. The summed E-state index contributed by atoms with van der Waals surface area (Å²) in [5, 5.41) is 5.43. The van der Waals surface area contributed by atoms with Gasteiger partial charge in [-0.1, -0.05) is 6.07 Å². The van der Waals surface area contributed by atoms with E-state index >= 15 is 0 Å². The lowest BCUT2D eigenvalue weighted by Crippen LogP contribution is -2.37. The number of nitrogens with one attached hydrogen (secondary N) is 3. The second-order valence-corrected chi connectivity index (χ2v) is 6.40. The Balaban J connectivity index is 2.03. The molecule has 2 aromatic heterocycles. The summed E-state index contributed by atoms with van der Waals surface area (Å²) in [5.41, 5.74) is 0.530. The summed E-state index contributed by atoms with van der Waals surface area (Å²) in [6.07, 6.45) is 1.78. The normalized spacial score (nSPS) is 18.9. The molecule has 1 unspecified atom stereocenters. The van der Waals surface area contributed by atoms with Crippen molar-refractivity contribution >= 4 is 27.4 Å². The zero-order chi connectivity index (χ0) is 15.0. The van der Waals surface area contributed by atoms with Crippen LogP contribution in [0.3, 0.4) is 0 Å². The monoisotopic (exact) mass is 309 g/mol. The third-order valence-electron chi connectivity index (χ3n) is 3.28. The molecule has 0 aliphatic carbocycles. The molecule has 1 aliphatic heterocycles. The maximum absolute atomic E-state index is 12.6. The molecular weight excluding hydrogens is 294 g/mol. The topological polar surface area (TPSA) is 105 Å². The highest BCUT2D eigenvalue weighted by molar-refractivity contribution is 7.89. The van der Waals surface area contributed by atoms with Crippen LogP contribution in [0.15, 0.2) is 29.4 Å². The molecule has 0 spiro atoms. The Morgan fingerprint density at radius 3 is 2.90 bits per heavy atom. The fraction of sp³-hybridized carbons (Fsp3) is 0.333. The molecule has 0 radical (unpaired) electrons. The SMILES string of the molecule is CNc1nc2ccccn2c1S(=O)(=O)NC1CNC(=O)C1.